The minimum absolute atomic E-state index is 0.170. The Balaban J connectivity index is 1.54. The van der Waals surface area contributed by atoms with E-state index in [4.69, 9.17) is 9.47 Å². The average molecular weight is 722 g/mol. The van der Waals surface area contributed by atoms with Crippen LogP contribution in [0, 0.1) is 23.3 Å². The highest BCUT2D eigenvalue weighted by atomic mass is 32.2. The number of halogens is 7. The molecule has 0 heterocycles. The van der Waals surface area contributed by atoms with Crippen molar-refractivity contribution in [2.24, 2.45) is 0 Å². The van der Waals surface area contributed by atoms with E-state index in [1.807, 2.05) is 0 Å². The van der Waals surface area contributed by atoms with Crippen LogP contribution in [0.5, 0.6) is 11.5 Å². The molecule has 50 heavy (non-hydrogen) atoms. The second kappa shape index (κ2) is 15.8. The van der Waals surface area contributed by atoms with Crippen LogP contribution >= 0.6 is 11.8 Å². The summed E-state index contributed by atoms with van der Waals surface area (Å²) in [6, 6.07) is 18.8. The largest absolute Gasteiger partial charge is 0.493 e. The summed E-state index contributed by atoms with van der Waals surface area (Å²) in [5, 5.41) is 5.59. The molecule has 0 aliphatic heterocycles. The molecule has 0 radical (unpaired) electrons. The van der Waals surface area contributed by atoms with Gasteiger partial charge in [-0.3, -0.25) is 14.4 Å². The zero-order valence-corrected chi connectivity index (χ0v) is 27.0. The first-order valence-electron chi connectivity index (χ1n) is 14.3. The summed E-state index contributed by atoms with van der Waals surface area (Å²) in [4.78, 5) is 39.5. The van der Waals surface area contributed by atoms with E-state index in [1.165, 1.54) is 51.5 Å². The second-order valence-corrected chi connectivity index (χ2v) is 11.6. The van der Waals surface area contributed by atoms with Gasteiger partial charge in [-0.2, -0.15) is 13.2 Å². The first-order valence-corrected chi connectivity index (χ1v) is 15.1. The highest BCUT2D eigenvalue weighted by Gasteiger charge is 2.42. The van der Waals surface area contributed by atoms with Crippen LogP contribution in [-0.2, 0) is 15.8 Å². The molecule has 0 aromatic heterocycles. The van der Waals surface area contributed by atoms with E-state index in [2.05, 4.69) is 10.6 Å². The van der Waals surface area contributed by atoms with Crippen molar-refractivity contribution in [1.29, 1.82) is 0 Å². The Bertz CT molecular complexity index is 1930. The number of rotatable bonds is 11. The van der Waals surface area contributed by atoms with E-state index in [9.17, 15) is 45.1 Å². The van der Waals surface area contributed by atoms with E-state index < -0.39 is 63.7 Å². The molecule has 8 nitrogen and oxygen atoms in total. The number of alkyl halides is 3. The Morgan fingerprint density at radius 2 is 1.42 bits per heavy atom. The van der Waals surface area contributed by atoms with E-state index in [0.29, 0.717) is 22.0 Å². The van der Waals surface area contributed by atoms with Crippen molar-refractivity contribution < 1.29 is 54.6 Å². The number of hydrogen-bond donors (Lipinski definition) is 3. The Morgan fingerprint density at radius 1 is 0.780 bits per heavy atom. The van der Waals surface area contributed by atoms with Crippen molar-refractivity contribution in [2.45, 2.75) is 23.2 Å². The van der Waals surface area contributed by atoms with Crippen molar-refractivity contribution in [3.8, 4) is 11.5 Å². The van der Waals surface area contributed by atoms with E-state index in [-0.39, 0.29) is 16.9 Å². The molecule has 0 saturated heterocycles. The number of carbonyl (C=O) groups excluding carboxylic acids is 3. The number of carbonyl (C=O) groups is 3. The number of benzene rings is 4. The molecule has 1 unspecified atom stereocenters. The first-order chi connectivity index (χ1) is 23.6. The summed E-state index contributed by atoms with van der Waals surface area (Å²) >= 11 is 0.780. The summed E-state index contributed by atoms with van der Waals surface area (Å²) in [5.74, 6) is -12.0. The second-order valence-electron chi connectivity index (χ2n) is 10.2. The molecule has 4 aromatic rings. The van der Waals surface area contributed by atoms with Crippen LogP contribution in [0.15, 0.2) is 83.4 Å². The van der Waals surface area contributed by atoms with Crippen molar-refractivity contribution >= 4 is 46.9 Å². The highest BCUT2D eigenvalue weighted by molar-refractivity contribution is 8.00. The molecular formula is C34H26F7N3O5S. The van der Waals surface area contributed by atoms with Crippen molar-refractivity contribution in [2.75, 3.05) is 24.9 Å². The zero-order valence-electron chi connectivity index (χ0n) is 26.2. The minimum atomic E-state index is -5.74. The first kappa shape index (κ1) is 37.3. The molecule has 0 bridgehead atoms. The Labute approximate surface area is 284 Å². The van der Waals surface area contributed by atoms with Crippen LogP contribution in [0.3, 0.4) is 0 Å². The topological polar surface area (TPSA) is 106 Å². The van der Waals surface area contributed by atoms with Crippen LogP contribution < -0.4 is 25.4 Å². The van der Waals surface area contributed by atoms with Gasteiger partial charge in [0.05, 0.1) is 19.5 Å². The third kappa shape index (κ3) is 8.74. The number of methoxy groups -OCH3 is 2. The van der Waals surface area contributed by atoms with Crippen molar-refractivity contribution in [1.82, 2.24) is 5.32 Å². The molecule has 3 amide bonds. The van der Waals surface area contributed by atoms with Crippen LogP contribution in [0.4, 0.5) is 42.1 Å². The predicted molar refractivity (Wildman–Crippen MR) is 172 cm³/mol. The van der Waals surface area contributed by atoms with Gasteiger partial charge in [0, 0.05) is 16.1 Å². The average Bonchev–Trinajstić information content (AvgIpc) is 3.08. The lowest BCUT2D eigenvalue weighted by molar-refractivity contribution is -0.143. The molecule has 0 fully saturated rings. The monoisotopic (exact) mass is 721 g/mol. The molecule has 262 valence electrons. The zero-order chi connectivity index (χ0) is 36.7. The number of nitrogens with one attached hydrogen (secondary N) is 3. The predicted octanol–water partition coefficient (Wildman–Crippen LogP) is 7.81. The van der Waals surface area contributed by atoms with Crippen LogP contribution in [0.25, 0.3) is 6.08 Å². The normalized spacial score (nSPS) is 12.2. The lowest BCUT2D eigenvalue weighted by atomic mass is 10.1. The molecule has 4 aromatic carbocycles. The maximum atomic E-state index is 14.3. The Kier molecular flexibility index (Phi) is 11.8. The van der Waals surface area contributed by atoms with Crippen LogP contribution in [0.2, 0.25) is 0 Å². The molecular weight excluding hydrogens is 695 g/mol. The maximum absolute atomic E-state index is 14.3. The molecule has 1 atom stereocenters. The van der Waals surface area contributed by atoms with Gasteiger partial charge in [0.15, 0.2) is 34.8 Å². The molecule has 0 aliphatic carbocycles. The number of ether oxygens (including phenoxy) is 2. The quantitative estimate of drug-likeness (QED) is 0.0632. The fraction of sp³-hybridized carbons (Fsp3) is 0.147. The van der Waals surface area contributed by atoms with Gasteiger partial charge in [0.2, 0.25) is 5.91 Å². The minimum Gasteiger partial charge on any atom is -0.493 e. The molecule has 4 rings (SSSR count). The Hall–Kier alpha value is -5.51. The van der Waals surface area contributed by atoms with Gasteiger partial charge in [-0.05, 0) is 61.0 Å². The fourth-order valence-electron chi connectivity index (χ4n) is 4.37. The number of hydrogen-bond acceptors (Lipinski definition) is 6. The molecule has 0 saturated carbocycles. The van der Waals surface area contributed by atoms with Crippen molar-refractivity contribution in [3.05, 3.63) is 118 Å². The number of thioether (sulfide) groups is 1. The summed E-state index contributed by atoms with van der Waals surface area (Å²) in [6.07, 6.45) is -4.34. The lowest BCUT2D eigenvalue weighted by Crippen LogP contribution is -2.30. The van der Waals surface area contributed by atoms with Gasteiger partial charge in [-0.1, -0.05) is 30.3 Å². The van der Waals surface area contributed by atoms with Gasteiger partial charge in [-0.25, -0.2) is 17.6 Å². The third-order valence-electron chi connectivity index (χ3n) is 6.82. The summed E-state index contributed by atoms with van der Waals surface area (Å²) in [6.45, 7) is 1.25. The van der Waals surface area contributed by atoms with E-state index >= 15 is 0 Å². The maximum Gasteiger partial charge on any atom is 0.422 e. The standard InChI is InChI=1S/C34H26F7N3O5S/c1-17(31(45)44-30-28(37)26(35)25(34(39,40)41)27(36)29(30)38)50-21-11-7-10-20(16-21)42-33(47)22(43-32(46)19-8-5-4-6-9-19)14-18-12-13-23(48-2)24(15-18)49-3/h4-17H,1-3H3,(H,42,47)(H,43,46)(H,44,45)/b22-14+. The SMILES string of the molecule is COc1ccc(/C=C(/NC(=O)c2ccccc2)C(=O)Nc2cccc(SC(C)C(=O)Nc3c(F)c(F)c(C(F)(F)F)c(F)c3F)c2)cc1OC. The summed E-state index contributed by atoms with van der Waals surface area (Å²) in [7, 11) is 2.88. The number of anilines is 2. The lowest BCUT2D eigenvalue weighted by Gasteiger charge is -2.17. The molecule has 0 spiro atoms. The summed E-state index contributed by atoms with van der Waals surface area (Å²) in [5.41, 5.74) is -3.75. The Morgan fingerprint density at radius 3 is 2.02 bits per heavy atom. The van der Waals surface area contributed by atoms with Gasteiger partial charge in [0.25, 0.3) is 11.8 Å². The summed E-state index contributed by atoms with van der Waals surface area (Å²) < 4.78 is 106. The van der Waals surface area contributed by atoms with E-state index in [1.54, 1.807) is 53.8 Å². The van der Waals surface area contributed by atoms with Crippen LogP contribution in [0.1, 0.15) is 28.4 Å². The van der Waals surface area contributed by atoms with Crippen molar-refractivity contribution in [3.63, 3.8) is 0 Å². The van der Waals surface area contributed by atoms with E-state index in [0.717, 1.165) is 11.8 Å². The van der Waals surface area contributed by atoms with Gasteiger partial charge in [-0.15, -0.1) is 11.8 Å². The highest BCUT2D eigenvalue weighted by Crippen LogP contribution is 2.39. The van der Waals surface area contributed by atoms with Gasteiger partial charge in [0.1, 0.15) is 16.9 Å². The fourth-order valence-corrected chi connectivity index (χ4v) is 5.30. The number of amides is 3. The molecule has 16 heteroatoms. The third-order valence-corrected chi connectivity index (χ3v) is 7.91. The van der Waals surface area contributed by atoms with Gasteiger partial charge >= 0.3 is 6.18 Å². The van der Waals surface area contributed by atoms with Gasteiger partial charge < -0.3 is 25.4 Å². The van der Waals surface area contributed by atoms with Crippen LogP contribution in [-0.4, -0.2) is 37.2 Å². The molecule has 0 aliphatic rings. The molecule has 3 N–H and O–H groups in total. The smallest absolute Gasteiger partial charge is 0.422 e.